The van der Waals surface area contributed by atoms with Crippen molar-refractivity contribution in [3.8, 4) is 0 Å². The Morgan fingerprint density at radius 3 is 2.67 bits per heavy atom. The molecule has 9 nitrogen and oxygen atoms in total. The van der Waals surface area contributed by atoms with E-state index in [2.05, 4.69) is 30.3 Å². The van der Waals surface area contributed by atoms with Gasteiger partial charge in [-0.15, -0.1) is 6.58 Å². The lowest BCUT2D eigenvalue weighted by Crippen LogP contribution is -2.51. The van der Waals surface area contributed by atoms with Crippen LogP contribution >= 0.6 is 7.52 Å². The Morgan fingerprint density at radius 1 is 1.43 bits per heavy atom. The maximum Gasteiger partial charge on any atom is 0.351 e. The van der Waals surface area contributed by atoms with Crippen molar-refractivity contribution in [2.45, 2.75) is 58.1 Å². The average molecular weight is 442 g/mol. The zero-order chi connectivity index (χ0) is 22.6. The first-order valence-corrected chi connectivity index (χ1v) is 11.9. The Labute approximate surface area is 179 Å². The van der Waals surface area contributed by atoms with Crippen molar-refractivity contribution in [2.24, 2.45) is 0 Å². The van der Waals surface area contributed by atoms with E-state index in [0.29, 0.717) is 25.1 Å². The van der Waals surface area contributed by atoms with Crippen LogP contribution in [0.5, 0.6) is 0 Å². The van der Waals surface area contributed by atoms with E-state index in [-0.39, 0.29) is 30.2 Å². The van der Waals surface area contributed by atoms with Gasteiger partial charge in [-0.3, -0.25) is 14.0 Å². The molecule has 1 fully saturated rings. The molecule has 30 heavy (non-hydrogen) atoms. The van der Waals surface area contributed by atoms with Crippen LogP contribution in [0, 0.1) is 6.92 Å². The number of morpholine rings is 1. The molecule has 2 rings (SSSR count). The van der Waals surface area contributed by atoms with E-state index in [1.807, 2.05) is 6.92 Å². The van der Waals surface area contributed by atoms with Crippen LogP contribution in [-0.2, 0) is 13.8 Å². The summed E-state index contributed by atoms with van der Waals surface area (Å²) in [5.74, 6) is 0.218. The van der Waals surface area contributed by atoms with E-state index in [0.717, 1.165) is 0 Å². The van der Waals surface area contributed by atoms with Gasteiger partial charge in [-0.05, 0) is 41.3 Å². The van der Waals surface area contributed by atoms with Gasteiger partial charge in [0.2, 0.25) is 0 Å². The van der Waals surface area contributed by atoms with E-state index in [1.165, 1.54) is 4.57 Å². The van der Waals surface area contributed by atoms with Crippen LogP contribution in [0.3, 0.4) is 0 Å². The van der Waals surface area contributed by atoms with Crippen LogP contribution < -0.4 is 11.4 Å². The number of nitrogens with two attached hydrogens (primary N) is 1. The first-order chi connectivity index (χ1) is 14.0. The third-order valence-corrected chi connectivity index (χ3v) is 8.42. The summed E-state index contributed by atoms with van der Waals surface area (Å²) in [7, 11) is 0.457. The maximum atomic E-state index is 13.5. The van der Waals surface area contributed by atoms with Crippen molar-refractivity contribution in [1.29, 1.82) is 0 Å². The van der Waals surface area contributed by atoms with Crippen LogP contribution in [-0.4, -0.2) is 70.7 Å². The summed E-state index contributed by atoms with van der Waals surface area (Å²) in [6.45, 7) is 12.9. The third kappa shape index (κ3) is 5.59. The molecular weight excluding hydrogens is 405 g/mol. The highest BCUT2D eigenvalue weighted by Gasteiger charge is 2.37. The van der Waals surface area contributed by atoms with Crippen molar-refractivity contribution >= 4 is 13.3 Å². The molecule has 2 unspecified atom stereocenters. The van der Waals surface area contributed by atoms with Gasteiger partial charge in [0.15, 0.2) is 6.23 Å². The Bertz CT molecular complexity index is 841. The Kier molecular flexibility index (Phi) is 8.42. The van der Waals surface area contributed by atoms with Gasteiger partial charge in [-0.1, -0.05) is 13.0 Å². The average Bonchev–Trinajstić information content (AvgIpc) is 2.68. The van der Waals surface area contributed by atoms with Crippen LogP contribution in [0.25, 0.3) is 0 Å². The number of rotatable bonds is 9. The normalized spacial score (nSPS) is 23.5. The molecule has 0 aromatic carbocycles. The van der Waals surface area contributed by atoms with Gasteiger partial charge >= 0.3 is 5.69 Å². The zero-order valence-corrected chi connectivity index (χ0v) is 19.8. The summed E-state index contributed by atoms with van der Waals surface area (Å²) in [5.41, 5.74) is 5.84. The fourth-order valence-electron chi connectivity index (χ4n) is 3.50. The van der Waals surface area contributed by atoms with Gasteiger partial charge in [0.25, 0.3) is 7.52 Å². The molecule has 0 saturated carbocycles. The molecular formula is C20H36N5O4P. The molecule has 0 amide bonds. The zero-order valence-electron chi connectivity index (χ0n) is 18.9. The minimum atomic E-state index is -3.06. The summed E-state index contributed by atoms with van der Waals surface area (Å²) in [4.78, 5) is 18.5. The van der Waals surface area contributed by atoms with Crippen molar-refractivity contribution in [3.05, 3.63) is 34.9 Å². The van der Waals surface area contributed by atoms with E-state index in [1.54, 1.807) is 38.0 Å². The molecule has 0 spiro atoms. The molecule has 1 aliphatic rings. The third-order valence-electron chi connectivity index (χ3n) is 5.46. The van der Waals surface area contributed by atoms with Crippen molar-refractivity contribution in [2.75, 3.05) is 39.5 Å². The SMILES string of the molecule is C=CCC(C)P(=O)(OC[C@@H]1CN(C(C)C)C[C@H](n2cc(C)c(N)nc2=O)O1)N(C)C. The Morgan fingerprint density at radius 2 is 2.10 bits per heavy atom. The lowest BCUT2D eigenvalue weighted by molar-refractivity contribution is -0.139. The molecule has 4 atom stereocenters. The predicted octanol–water partition coefficient (Wildman–Crippen LogP) is 2.48. The number of nitrogen functional groups attached to an aromatic ring is 1. The smallest absolute Gasteiger partial charge is 0.351 e. The summed E-state index contributed by atoms with van der Waals surface area (Å²) in [5, 5.41) is 0. The molecule has 1 aliphatic heterocycles. The summed E-state index contributed by atoms with van der Waals surface area (Å²) in [6, 6.07) is 0.248. The topological polar surface area (TPSA) is 103 Å². The van der Waals surface area contributed by atoms with Crippen LogP contribution in [0.2, 0.25) is 0 Å². The van der Waals surface area contributed by atoms with Crippen LogP contribution in [0.4, 0.5) is 5.82 Å². The predicted molar refractivity (Wildman–Crippen MR) is 120 cm³/mol. The summed E-state index contributed by atoms with van der Waals surface area (Å²) >= 11 is 0. The molecule has 0 bridgehead atoms. The lowest BCUT2D eigenvalue weighted by atomic mass is 10.2. The second-order valence-corrected chi connectivity index (χ2v) is 11.4. The number of aryl methyl sites for hydroxylation is 1. The number of ether oxygens (including phenoxy) is 1. The first-order valence-electron chi connectivity index (χ1n) is 10.3. The number of nitrogens with zero attached hydrogens (tertiary/aromatic N) is 4. The summed E-state index contributed by atoms with van der Waals surface area (Å²) in [6.07, 6.45) is 3.14. The monoisotopic (exact) mass is 441 g/mol. The number of aromatic nitrogens is 2. The molecule has 1 aromatic rings. The molecule has 2 N–H and O–H groups in total. The van der Waals surface area contributed by atoms with Crippen LogP contribution in [0.1, 0.15) is 39.0 Å². The number of hydrogen-bond donors (Lipinski definition) is 1. The van der Waals surface area contributed by atoms with Gasteiger partial charge in [-0.2, -0.15) is 4.98 Å². The van der Waals surface area contributed by atoms with E-state index in [9.17, 15) is 9.36 Å². The van der Waals surface area contributed by atoms with Gasteiger partial charge in [0, 0.05) is 30.9 Å². The fourth-order valence-corrected chi connectivity index (χ4v) is 5.57. The number of anilines is 1. The number of allylic oxidation sites excluding steroid dienone is 1. The quantitative estimate of drug-likeness (QED) is 0.461. The minimum absolute atomic E-state index is 0.160. The second kappa shape index (κ2) is 10.2. The molecule has 0 radical (unpaired) electrons. The highest BCUT2D eigenvalue weighted by atomic mass is 31.2. The van der Waals surface area contributed by atoms with E-state index < -0.39 is 19.4 Å². The molecule has 170 valence electrons. The minimum Gasteiger partial charge on any atom is -0.383 e. The molecule has 1 saturated heterocycles. The standard InChI is InChI=1S/C20H36N5O4P/c1-8-9-16(5)30(27,23(6)7)28-13-17-11-24(14(2)3)12-18(29-17)25-10-15(4)19(21)22-20(25)26/h8,10,14,16-18H,1,9,11-13H2,2-7H3,(H2,21,22,26)/t16?,17-,18+,30?/m0/s1. The molecule has 10 heteroatoms. The van der Waals surface area contributed by atoms with Crippen molar-refractivity contribution in [3.63, 3.8) is 0 Å². The van der Waals surface area contributed by atoms with E-state index >= 15 is 0 Å². The van der Waals surface area contributed by atoms with Gasteiger partial charge < -0.3 is 15.0 Å². The highest BCUT2D eigenvalue weighted by Crippen LogP contribution is 2.55. The first kappa shape index (κ1) is 24.8. The molecule has 1 aromatic heterocycles. The summed E-state index contributed by atoms with van der Waals surface area (Å²) < 4.78 is 28.8. The Hall–Kier alpha value is -1.51. The fraction of sp³-hybridized carbons (Fsp3) is 0.700. The lowest BCUT2D eigenvalue weighted by Gasteiger charge is -2.41. The van der Waals surface area contributed by atoms with Gasteiger partial charge in [-0.25, -0.2) is 9.46 Å². The van der Waals surface area contributed by atoms with Crippen molar-refractivity contribution < 1.29 is 13.8 Å². The van der Waals surface area contributed by atoms with Crippen LogP contribution in [0.15, 0.2) is 23.6 Å². The largest absolute Gasteiger partial charge is 0.383 e. The highest BCUT2D eigenvalue weighted by molar-refractivity contribution is 7.57. The Balaban J connectivity index is 2.23. The maximum absolute atomic E-state index is 13.5. The molecule has 0 aliphatic carbocycles. The number of hydrogen-bond acceptors (Lipinski definition) is 7. The van der Waals surface area contributed by atoms with E-state index in [4.69, 9.17) is 15.0 Å². The second-order valence-electron chi connectivity index (χ2n) is 8.34. The molecule has 2 heterocycles. The van der Waals surface area contributed by atoms with Crippen molar-refractivity contribution in [1.82, 2.24) is 19.1 Å². The van der Waals surface area contributed by atoms with Gasteiger partial charge in [0.05, 0.1) is 18.4 Å². The van der Waals surface area contributed by atoms with Gasteiger partial charge in [0.1, 0.15) is 5.82 Å².